The molecule has 0 radical (unpaired) electrons. The molecule has 128 valence electrons. The van der Waals surface area contributed by atoms with E-state index >= 15 is 0 Å². The zero-order chi connectivity index (χ0) is 14.5. The third-order valence-corrected chi connectivity index (χ3v) is 4.90. The fraction of sp³-hybridized carbons (Fsp3) is 0.733. The first-order valence-corrected chi connectivity index (χ1v) is 8.47. The lowest BCUT2D eigenvalue weighted by atomic mass is 10.2. The molecule has 1 unspecified atom stereocenters. The van der Waals surface area contributed by atoms with Gasteiger partial charge in [-0.1, -0.05) is 13.8 Å². The maximum Gasteiger partial charge on any atom is 0.266 e. The molecule has 1 amide bonds. The molecule has 1 N–H and O–H groups in total. The number of amides is 1. The van der Waals surface area contributed by atoms with Crippen LogP contribution in [0.15, 0.2) is 0 Å². The van der Waals surface area contributed by atoms with Crippen LogP contribution in [0.3, 0.4) is 0 Å². The van der Waals surface area contributed by atoms with Crippen LogP contribution >= 0.6 is 36.2 Å². The standard InChI is InChI=1S/C15H25N3OS.2ClH/c1-4-6-13-17-11(3)14(20-13)15(19)18(9-5-2)12-7-8-16-10-12;;/h12,16H,4-10H2,1-3H3;2*1H. The van der Waals surface area contributed by atoms with Gasteiger partial charge in [0.05, 0.1) is 10.7 Å². The monoisotopic (exact) mass is 367 g/mol. The number of aromatic nitrogens is 1. The van der Waals surface area contributed by atoms with Gasteiger partial charge in [0.1, 0.15) is 4.88 Å². The van der Waals surface area contributed by atoms with Gasteiger partial charge in [-0.3, -0.25) is 4.79 Å². The van der Waals surface area contributed by atoms with Crippen LogP contribution in [0.5, 0.6) is 0 Å². The van der Waals surface area contributed by atoms with Crippen LogP contribution in [0.4, 0.5) is 0 Å². The fourth-order valence-corrected chi connectivity index (χ4v) is 3.82. The molecule has 2 heterocycles. The van der Waals surface area contributed by atoms with E-state index in [0.717, 1.165) is 60.9 Å². The SMILES string of the molecule is CCCc1nc(C)c(C(=O)N(CCC)C2CCNC2)s1.Cl.Cl. The molecule has 22 heavy (non-hydrogen) atoms. The van der Waals surface area contributed by atoms with E-state index < -0.39 is 0 Å². The number of carbonyl (C=O) groups excluding carboxylic acids is 1. The summed E-state index contributed by atoms with van der Waals surface area (Å²) < 4.78 is 0. The van der Waals surface area contributed by atoms with Gasteiger partial charge in [0.15, 0.2) is 0 Å². The lowest BCUT2D eigenvalue weighted by Gasteiger charge is -2.27. The van der Waals surface area contributed by atoms with Crippen molar-refractivity contribution < 1.29 is 4.79 Å². The number of nitrogens with zero attached hydrogens (tertiary/aromatic N) is 2. The second-order valence-electron chi connectivity index (χ2n) is 5.42. The van der Waals surface area contributed by atoms with Gasteiger partial charge in [0, 0.05) is 19.1 Å². The van der Waals surface area contributed by atoms with E-state index in [2.05, 4.69) is 29.0 Å². The van der Waals surface area contributed by atoms with Crippen molar-refractivity contribution in [3.05, 3.63) is 15.6 Å². The molecule has 1 atom stereocenters. The van der Waals surface area contributed by atoms with Crippen LogP contribution in [-0.4, -0.2) is 41.5 Å². The van der Waals surface area contributed by atoms with Crippen LogP contribution < -0.4 is 5.32 Å². The molecule has 1 aromatic heterocycles. The van der Waals surface area contributed by atoms with Crippen LogP contribution in [0.1, 0.15) is 53.5 Å². The number of thiazole rings is 1. The number of rotatable bonds is 6. The molecular formula is C15H27Cl2N3OS. The van der Waals surface area contributed by atoms with Crippen molar-refractivity contribution in [2.75, 3.05) is 19.6 Å². The van der Waals surface area contributed by atoms with Gasteiger partial charge in [-0.25, -0.2) is 4.98 Å². The Kier molecular flexibility index (Phi) is 10.3. The van der Waals surface area contributed by atoms with E-state index in [9.17, 15) is 4.79 Å². The normalized spacial score (nSPS) is 16.8. The summed E-state index contributed by atoms with van der Waals surface area (Å²) in [6.07, 6.45) is 4.11. The highest BCUT2D eigenvalue weighted by atomic mass is 35.5. The second-order valence-corrected chi connectivity index (χ2v) is 6.50. The van der Waals surface area contributed by atoms with E-state index in [1.807, 2.05) is 6.92 Å². The Balaban J connectivity index is 0.00000220. The molecule has 1 saturated heterocycles. The average molecular weight is 368 g/mol. The van der Waals surface area contributed by atoms with Crippen molar-refractivity contribution in [3.8, 4) is 0 Å². The summed E-state index contributed by atoms with van der Waals surface area (Å²) >= 11 is 1.58. The first kappa shape index (κ1) is 21.6. The minimum Gasteiger partial charge on any atom is -0.334 e. The van der Waals surface area contributed by atoms with Crippen LogP contribution in [0, 0.1) is 6.92 Å². The first-order valence-electron chi connectivity index (χ1n) is 7.65. The highest BCUT2D eigenvalue weighted by Crippen LogP contribution is 2.23. The Bertz CT molecular complexity index is 462. The smallest absolute Gasteiger partial charge is 0.266 e. The fourth-order valence-electron chi connectivity index (χ4n) is 2.70. The van der Waals surface area contributed by atoms with Crippen LogP contribution in [-0.2, 0) is 6.42 Å². The van der Waals surface area contributed by atoms with Crippen molar-refractivity contribution in [1.29, 1.82) is 0 Å². The summed E-state index contributed by atoms with van der Waals surface area (Å²) in [6.45, 7) is 9.01. The highest BCUT2D eigenvalue weighted by Gasteiger charge is 2.28. The van der Waals surface area contributed by atoms with E-state index in [1.54, 1.807) is 11.3 Å². The Morgan fingerprint density at radius 1 is 1.36 bits per heavy atom. The maximum absolute atomic E-state index is 12.8. The van der Waals surface area contributed by atoms with Crippen molar-refractivity contribution in [1.82, 2.24) is 15.2 Å². The Morgan fingerprint density at radius 3 is 2.64 bits per heavy atom. The van der Waals surface area contributed by atoms with Crippen molar-refractivity contribution in [2.45, 2.75) is 52.5 Å². The zero-order valence-electron chi connectivity index (χ0n) is 13.6. The van der Waals surface area contributed by atoms with Crippen molar-refractivity contribution >= 4 is 42.1 Å². The summed E-state index contributed by atoms with van der Waals surface area (Å²) in [5.74, 6) is 0.179. The summed E-state index contributed by atoms with van der Waals surface area (Å²) in [7, 11) is 0. The van der Waals surface area contributed by atoms with Crippen molar-refractivity contribution in [3.63, 3.8) is 0 Å². The topological polar surface area (TPSA) is 45.2 Å². The quantitative estimate of drug-likeness (QED) is 0.836. The van der Waals surface area contributed by atoms with Gasteiger partial charge < -0.3 is 10.2 Å². The lowest BCUT2D eigenvalue weighted by molar-refractivity contribution is 0.0696. The number of halogens is 2. The van der Waals surface area contributed by atoms with Crippen LogP contribution in [0.25, 0.3) is 0 Å². The average Bonchev–Trinajstić information content (AvgIpc) is 3.05. The molecule has 0 bridgehead atoms. The zero-order valence-corrected chi connectivity index (χ0v) is 16.0. The van der Waals surface area contributed by atoms with Crippen molar-refractivity contribution in [2.24, 2.45) is 0 Å². The highest BCUT2D eigenvalue weighted by molar-refractivity contribution is 7.13. The number of carbonyl (C=O) groups is 1. The lowest BCUT2D eigenvalue weighted by Crippen LogP contribution is -2.42. The number of nitrogens with one attached hydrogen (secondary N) is 1. The molecular weight excluding hydrogens is 341 g/mol. The number of hydrogen-bond acceptors (Lipinski definition) is 4. The minimum atomic E-state index is 0. The summed E-state index contributed by atoms with van der Waals surface area (Å²) in [4.78, 5) is 20.3. The van der Waals surface area contributed by atoms with E-state index in [4.69, 9.17) is 0 Å². The van der Waals surface area contributed by atoms with Gasteiger partial charge >= 0.3 is 0 Å². The predicted molar refractivity (Wildman–Crippen MR) is 97.9 cm³/mol. The molecule has 7 heteroatoms. The maximum atomic E-state index is 12.8. The van der Waals surface area contributed by atoms with E-state index in [-0.39, 0.29) is 30.7 Å². The summed E-state index contributed by atoms with van der Waals surface area (Å²) in [5, 5.41) is 4.44. The molecule has 4 nitrogen and oxygen atoms in total. The molecule has 1 aromatic rings. The predicted octanol–water partition coefficient (Wildman–Crippen LogP) is 3.46. The number of hydrogen-bond donors (Lipinski definition) is 1. The van der Waals surface area contributed by atoms with Crippen LogP contribution in [0.2, 0.25) is 0 Å². The molecule has 0 aromatic carbocycles. The third kappa shape index (κ3) is 5.08. The molecule has 0 spiro atoms. The van der Waals surface area contributed by atoms with Gasteiger partial charge in [0.2, 0.25) is 0 Å². The molecule has 0 saturated carbocycles. The molecule has 1 aliphatic heterocycles. The summed E-state index contributed by atoms with van der Waals surface area (Å²) in [5.41, 5.74) is 0.899. The third-order valence-electron chi connectivity index (χ3n) is 3.70. The molecule has 2 rings (SSSR count). The van der Waals surface area contributed by atoms with Gasteiger partial charge in [-0.15, -0.1) is 36.2 Å². The largest absolute Gasteiger partial charge is 0.334 e. The second kappa shape index (κ2) is 10.4. The summed E-state index contributed by atoms with van der Waals surface area (Å²) in [6, 6.07) is 0.346. The first-order chi connectivity index (χ1) is 9.67. The van der Waals surface area contributed by atoms with E-state index in [0.29, 0.717) is 6.04 Å². The number of aryl methyl sites for hydroxylation is 2. The molecule has 0 aliphatic carbocycles. The Hall–Kier alpha value is -0.360. The Labute approximate surface area is 149 Å². The Morgan fingerprint density at radius 2 is 2.09 bits per heavy atom. The molecule has 1 fully saturated rings. The minimum absolute atomic E-state index is 0. The van der Waals surface area contributed by atoms with Gasteiger partial charge in [-0.2, -0.15) is 0 Å². The van der Waals surface area contributed by atoms with E-state index in [1.165, 1.54) is 0 Å². The molecule has 1 aliphatic rings. The van der Waals surface area contributed by atoms with Gasteiger partial charge in [0.25, 0.3) is 5.91 Å². The van der Waals surface area contributed by atoms with Gasteiger partial charge in [-0.05, 0) is 39.2 Å².